The number of carbonyl (C=O) groups is 3. The van der Waals surface area contributed by atoms with Gasteiger partial charge in [-0.25, -0.2) is 0 Å². The molecule has 0 saturated heterocycles. The third kappa shape index (κ3) is 26.2. The molecule has 0 unspecified atom stereocenters. The van der Waals surface area contributed by atoms with E-state index < -0.39 is 17.9 Å². The maximum absolute atomic E-state index is 10.1. The van der Waals surface area contributed by atoms with Crippen LogP contribution in [0.25, 0.3) is 0 Å². The zero-order valence-electron chi connectivity index (χ0n) is 11.4. The second-order valence-electron chi connectivity index (χ2n) is 4.20. The molecule has 0 fully saturated rings. The highest BCUT2D eigenvalue weighted by Crippen LogP contribution is 2.06. The molecule has 0 aliphatic rings. The van der Waals surface area contributed by atoms with E-state index in [4.69, 9.17) is 15.3 Å². The summed E-state index contributed by atoms with van der Waals surface area (Å²) in [6.45, 7) is 1.84. The summed E-state index contributed by atoms with van der Waals surface area (Å²) in [5, 5.41) is 24.5. The fraction of sp³-hybridized carbons (Fsp3) is 0.769. The van der Waals surface area contributed by atoms with Gasteiger partial charge in [0.15, 0.2) is 0 Å². The Labute approximate surface area is 113 Å². The van der Waals surface area contributed by atoms with Crippen molar-refractivity contribution in [1.29, 1.82) is 0 Å². The van der Waals surface area contributed by atoms with E-state index in [0.717, 1.165) is 25.7 Å². The molecular weight excluding hydrogens is 252 g/mol. The average Bonchev–Trinajstić information content (AvgIpc) is 2.27. The van der Waals surface area contributed by atoms with Gasteiger partial charge in [0.05, 0.1) is 0 Å². The molecule has 0 spiro atoms. The second-order valence-corrected chi connectivity index (χ2v) is 4.20. The lowest BCUT2D eigenvalue weighted by Crippen LogP contribution is -1.95. The summed E-state index contributed by atoms with van der Waals surface area (Å²) in [4.78, 5) is 29.8. The van der Waals surface area contributed by atoms with Gasteiger partial charge in [-0.05, 0) is 19.3 Å². The number of rotatable bonds is 10. The molecule has 0 aliphatic heterocycles. The number of aliphatic carboxylic acids is 3. The Morgan fingerprint density at radius 3 is 1.16 bits per heavy atom. The van der Waals surface area contributed by atoms with Crippen molar-refractivity contribution in [2.75, 3.05) is 0 Å². The molecule has 0 rings (SSSR count). The van der Waals surface area contributed by atoms with Crippen molar-refractivity contribution < 1.29 is 29.7 Å². The van der Waals surface area contributed by atoms with Crippen molar-refractivity contribution in [3.8, 4) is 0 Å². The number of unbranched alkanes of at least 4 members (excludes halogenated alkanes) is 4. The number of hydrogen-bond acceptors (Lipinski definition) is 3. The first-order valence-electron chi connectivity index (χ1n) is 6.55. The van der Waals surface area contributed by atoms with Crippen molar-refractivity contribution in [2.24, 2.45) is 0 Å². The molecule has 19 heavy (non-hydrogen) atoms. The lowest BCUT2D eigenvalue weighted by molar-refractivity contribution is -0.138. The summed E-state index contributed by atoms with van der Waals surface area (Å²) >= 11 is 0. The highest BCUT2D eigenvalue weighted by molar-refractivity contribution is 5.67. The smallest absolute Gasteiger partial charge is 0.303 e. The molecule has 0 bridgehead atoms. The highest BCUT2D eigenvalue weighted by Gasteiger charge is 1.98. The van der Waals surface area contributed by atoms with Crippen LogP contribution in [0.5, 0.6) is 0 Å². The Bertz CT molecular complexity index is 244. The fourth-order valence-corrected chi connectivity index (χ4v) is 1.30. The molecule has 112 valence electrons. The monoisotopic (exact) mass is 276 g/mol. The van der Waals surface area contributed by atoms with Crippen molar-refractivity contribution in [1.82, 2.24) is 0 Å². The van der Waals surface area contributed by atoms with E-state index in [1.807, 2.05) is 6.92 Å². The van der Waals surface area contributed by atoms with Gasteiger partial charge in [0, 0.05) is 19.3 Å². The third-order valence-corrected chi connectivity index (χ3v) is 2.25. The lowest BCUT2D eigenvalue weighted by Gasteiger charge is -1.97. The Kier molecular flexibility index (Phi) is 15.0. The first-order valence-corrected chi connectivity index (χ1v) is 6.55. The van der Waals surface area contributed by atoms with E-state index in [2.05, 4.69) is 0 Å². The summed E-state index contributed by atoms with van der Waals surface area (Å²) in [7, 11) is 0. The van der Waals surface area contributed by atoms with Crippen LogP contribution in [0, 0.1) is 0 Å². The standard InChI is InChI=1S/C9H16O4.C4H8O2/c10-8(11)6-4-2-1-3-5-7-9(12)13;1-2-3-4(5)6/h1-7H2,(H,10,11)(H,12,13);2-3H2,1H3,(H,5,6). The third-order valence-electron chi connectivity index (χ3n) is 2.25. The minimum atomic E-state index is -0.759. The van der Waals surface area contributed by atoms with Gasteiger partial charge < -0.3 is 15.3 Å². The minimum absolute atomic E-state index is 0.221. The summed E-state index contributed by atoms with van der Waals surface area (Å²) in [5.41, 5.74) is 0. The normalized spacial score (nSPS) is 9.32. The maximum Gasteiger partial charge on any atom is 0.303 e. The molecular formula is C13H24O6. The molecule has 6 nitrogen and oxygen atoms in total. The summed E-state index contributed by atoms with van der Waals surface area (Å²) in [5.74, 6) is -2.23. The van der Waals surface area contributed by atoms with Crippen LogP contribution >= 0.6 is 0 Å². The predicted molar refractivity (Wildman–Crippen MR) is 70.1 cm³/mol. The van der Waals surface area contributed by atoms with Crippen LogP contribution in [0.1, 0.15) is 64.7 Å². The SMILES string of the molecule is CCCC(=O)O.O=C(O)CCCCCCCC(=O)O. The van der Waals surface area contributed by atoms with Crippen molar-refractivity contribution in [3.05, 3.63) is 0 Å². The van der Waals surface area contributed by atoms with Gasteiger partial charge in [0.1, 0.15) is 0 Å². The summed E-state index contributed by atoms with van der Waals surface area (Å²) in [6, 6.07) is 0. The maximum atomic E-state index is 10.1. The van der Waals surface area contributed by atoms with Crippen LogP contribution < -0.4 is 0 Å². The zero-order valence-corrected chi connectivity index (χ0v) is 11.4. The van der Waals surface area contributed by atoms with Crippen LogP contribution in [0.3, 0.4) is 0 Å². The molecule has 0 aromatic carbocycles. The average molecular weight is 276 g/mol. The van der Waals surface area contributed by atoms with Gasteiger partial charge in [-0.2, -0.15) is 0 Å². The lowest BCUT2D eigenvalue weighted by atomic mass is 10.1. The quantitative estimate of drug-likeness (QED) is 0.529. The van der Waals surface area contributed by atoms with Crippen LogP contribution in [0.15, 0.2) is 0 Å². The van der Waals surface area contributed by atoms with E-state index in [0.29, 0.717) is 19.3 Å². The molecule has 6 heteroatoms. The first-order chi connectivity index (χ1) is 8.90. The Balaban J connectivity index is 0. The Hall–Kier alpha value is -1.59. The van der Waals surface area contributed by atoms with Gasteiger partial charge in [-0.1, -0.05) is 26.2 Å². The van der Waals surface area contributed by atoms with E-state index >= 15 is 0 Å². The summed E-state index contributed by atoms with van der Waals surface area (Å²) in [6.07, 6.45) is 5.55. The minimum Gasteiger partial charge on any atom is -0.481 e. The molecule has 3 N–H and O–H groups in total. The predicted octanol–water partition coefficient (Wildman–Crippen LogP) is 2.76. The Morgan fingerprint density at radius 2 is 0.947 bits per heavy atom. The van der Waals surface area contributed by atoms with Crippen LogP contribution in [-0.4, -0.2) is 33.2 Å². The second kappa shape index (κ2) is 14.5. The number of carboxylic acids is 3. The van der Waals surface area contributed by atoms with Gasteiger partial charge in [-0.3, -0.25) is 14.4 Å². The highest BCUT2D eigenvalue weighted by atomic mass is 16.4. The Morgan fingerprint density at radius 1 is 0.632 bits per heavy atom. The molecule has 0 radical (unpaired) electrons. The van der Waals surface area contributed by atoms with Crippen molar-refractivity contribution in [3.63, 3.8) is 0 Å². The van der Waals surface area contributed by atoms with Crippen LogP contribution in [0.4, 0.5) is 0 Å². The van der Waals surface area contributed by atoms with Gasteiger partial charge in [0.25, 0.3) is 0 Å². The van der Waals surface area contributed by atoms with Gasteiger partial charge >= 0.3 is 17.9 Å². The molecule has 0 saturated carbocycles. The molecule has 0 aromatic rings. The van der Waals surface area contributed by atoms with Crippen molar-refractivity contribution >= 4 is 17.9 Å². The van der Waals surface area contributed by atoms with E-state index in [1.165, 1.54) is 0 Å². The van der Waals surface area contributed by atoms with E-state index in [9.17, 15) is 14.4 Å². The number of carboxylic acid groups (broad SMARTS) is 3. The van der Waals surface area contributed by atoms with Crippen molar-refractivity contribution in [2.45, 2.75) is 64.7 Å². The van der Waals surface area contributed by atoms with Gasteiger partial charge in [-0.15, -0.1) is 0 Å². The largest absolute Gasteiger partial charge is 0.481 e. The molecule has 0 heterocycles. The first kappa shape index (κ1) is 19.7. The molecule has 0 aliphatic carbocycles. The van der Waals surface area contributed by atoms with Gasteiger partial charge in [0.2, 0.25) is 0 Å². The summed E-state index contributed by atoms with van der Waals surface area (Å²) < 4.78 is 0. The van der Waals surface area contributed by atoms with Crippen LogP contribution in [-0.2, 0) is 14.4 Å². The molecule has 0 atom stereocenters. The van der Waals surface area contributed by atoms with Crippen LogP contribution in [0.2, 0.25) is 0 Å². The van der Waals surface area contributed by atoms with E-state index in [1.54, 1.807) is 0 Å². The molecule has 0 aromatic heterocycles. The fourth-order valence-electron chi connectivity index (χ4n) is 1.30. The van der Waals surface area contributed by atoms with E-state index in [-0.39, 0.29) is 12.8 Å². The molecule has 0 amide bonds. The zero-order chi connectivity index (χ0) is 15.1. The topological polar surface area (TPSA) is 112 Å². The number of hydrogen-bond donors (Lipinski definition) is 3.